The first-order chi connectivity index (χ1) is 17.3. The molecular weight excluding hydrogens is 473 g/mol. The van der Waals surface area contributed by atoms with E-state index in [4.69, 9.17) is 4.74 Å². The van der Waals surface area contributed by atoms with E-state index in [1.807, 2.05) is 11.0 Å². The predicted molar refractivity (Wildman–Crippen MR) is 129 cm³/mol. The number of aryl methyl sites for hydroxylation is 1. The highest BCUT2D eigenvalue weighted by molar-refractivity contribution is 5.92. The number of amides is 1. The predicted octanol–water partition coefficient (Wildman–Crippen LogP) is 3.88. The lowest BCUT2D eigenvalue weighted by molar-refractivity contribution is -0.150. The van der Waals surface area contributed by atoms with Crippen molar-refractivity contribution in [1.29, 1.82) is 0 Å². The first kappa shape index (κ1) is 24.2. The highest BCUT2D eigenvalue weighted by atomic mass is 19.3. The maximum Gasteiger partial charge on any atom is 0.266 e. The number of anilines is 2. The van der Waals surface area contributed by atoms with Crippen LogP contribution in [0.5, 0.6) is 0 Å². The second-order valence-corrected chi connectivity index (χ2v) is 9.19. The molecule has 2 saturated heterocycles. The quantitative estimate of drug-likeness (QED) is 0.550. The van der Waals surface area contributed by atoms with Crippen molar-refractivity contribution >= 4 is 28.3 Å². The minimum atomic E-state index is -2.90. The standard InChI is InChI=1S/C25H27F3N6O2/c1-14(18-4-3-5-19(21(18)26)23(27)28)30-24-20-10-17(11-29-22(20)15(2)31-32-24)33-6-8-34(9-7-33)25(35)16-12-36-13-16/h3-5,10-11,14,16,23H,6-9,12-13H2,1-2H3,(H,30,32)/t14-/m1/s1. The van der Waals surface area contributed by atoms with Crippen molar-refractivity contribution in [1.82, 2.24) is 20.1 Å². The first-order valence-electron chi connectivity index (χ1n) is 11.9. The molecule has 2 aliphatic rings. The molecule has 3 aromatic rings. The van der Waals surface area contributed by atoms with Gasteiger partial charge >= 0.3 is 0 Å². The van der Waals surface area contributed by atoms with Crippen molar-refractivity contribution in [3.05, 3.63) is 53.1 Å². The van der Waals surface area contributed by atoms with Gasteiger partial charge in [0.2, 0.25) is 5.91 Å². The topological polar surface area (TPSA) is 83.5 Å². The lowest BCUT2D eigenvalue weighted by atomic mass is 10.0. The molecule has 0 saturated carbocycles. The monoisotopic (exact) mass is 500 g/mol. The molecule has 0 aliphatic carbocycles. The average molecular weight is 501 g/mol. The molecule has 1 aromatic carbocycles. The van der Waals surface area contributed by atoms with Crippen LogP contribution >= 0.6 is 0 Å². The number of piperazine rings is 1. The molecule has 1 amide bonds. The minimum absolute atomic E-state index is 0.0257. The third-order valence-corrected chi connectivity index (χ3v) is 6.83. The van der Waals surface area contributed by atoms with Gasteiger partial charge in [0.15, 0.2) is 5.82 Å². The van der Waals surface area contributed by atoms with Gasteiger partial charge in [0.25, 0.3) is 6.43 Å². The van der Waals surface area contributed by atoms with E-state index >= 15 is 0 Å². The summed E-state index contributed by atoms with van der Waals surface area (Å²) in [6.45, 7) is 7.03. The molecular formula is C25H27F3N6O2. The Morgan fingerprint density at radius 1 is 1.14 bits per heavy atom. The van der Waals surface area contributed by atoms with Crippen molar-refractivity contribution in [3.63, 3.8) is 0 Å². The Morgan fingerprint density at radius 3 is 2.53 bits per heavy atom. The average Bonchev–Trinajstić information content (AvgIpc) is 2.84. The van der Waals surface area contributed by atoms with E-state index in [1.165, 1.54) is 12.1 Å². The van der Waals surface area contributed by atoms with Crippen LogP contribution in [0.15, 0.2) is 30.5 Å². The first-order valence-corrected chi connectivity index (χ1v) is 11.9. The van der Waals surface area contributed by atoms with Crippen LogP contribution < -0.4 is 10.2 Å². The smallest absolute Gasteiger partial charge is 0.266 e. The lowest BCUT2D eigenvalue weighted by Crippen LogP contribution is -2.53. The zero-order valence-corrected chi connectivity index (χ0v) is 20.0. The van der Waals surface area contributed by atoms with Crippen LogP contribution in [0.1, 0.15) is 36.2 Å². The number of carbonyl (C=O) groups excluding carboxylic acids is 1. The molecule has 5 rings (SSSR count). The molecule has 11 heteroatoms. The van der Waals surface area contributed by atoms with Crippen LogP contribution in [-0.2, 0) is 9.53 Å². The Balaban J connectivity index is 1.38. The molecule has 0 unspecified atom stereocenters. The van der Waals surface area contributed by atoms with Gasteiger partial charge in [-0.05, 0) is 19.9 Å². The minimum Gasteiger partial charge on any atom is -0.380 e. The molecule has 4 heterocycles. The third-order valence-electron chi connectivity index (χ3n) is 6.83. The Hall–Kier alpha value is -3.47. The summed E-state index contributed by atoms with van der Waals surface area (Å²) in [5.41, 5.74) is 1.64. The molecule has 2 aromatic heterocycles. The number of aromatic nitrogens is 3. The van der Waals surface area contributed by atoms with Gasteiger partial charge in [0.1, 0.15) is 5.82 Å². The second kappa shape index (κ2) is 9.88. The number of carbonyl (C=O) groups is 1. The molecule has 1 atom stereocenters. The number of rotatable bonds is 6. The molecule has 0 bridgehead atoms. The van der Waals surface area contributed by atoms with Gasteiger partial charge in [0, 0.05) is 37.1 Å². The summed E-state index contributed by atoms with van der Waals surface area (Å²) in [6, 6.07) is 5.28. The summed E-state index contributed by atoms with van der Waals surface area (Å²) in [5, 5.41) is 12.3. The molecule has 0 spiro atoms. The Bertz CT molecular complexity index is 1280. The van der Waals surface area contributed by atoms with Gasteiger partial charge in [0.05, 0.1) is 53.8 Å². The summed E-state index contributed by atoms with van der Waals surface area (Å²) in [5.74, 6) is -0.427. The van der Waals surface area contributed by atoms with Crippen LogP contribution in [0.4, 0.5) is 24.7 Å². The van der Waals surface area contributed by atoms with Gasteiger partial charge in [-0.3, -0.25) is 9.78 Å². The van der Waals surface area contributed by atoms with E-state index in [0.717, 1.165) is 11.8 Å². The highest BCUT2D eigenvalue weighted by Gasteiger charge is 2.32. The van der Waals surface area contributed by atoms with Gasteiger partial charge in [-0.2, -0.15) is 5.10 Å². The number of hydrogen-bond acceptors (Lipinski definition) is 7. The molecule has 2 fully saturated rings. The number of hydrogen-bond donors (Lipinski definition) is 1. The van der Waals surface area contributed by atoms with Crippen molar-refractivity contribution in [3.8, 4) is 0 Å². The zero-order valence-electron chi connectivity index (χ0n) is 20.0. The van der Waals surface area contributed by atoms with Crippen molar-refractivity contribution in [2.75, 3.05) is 49.6 Å². The number of benzene rings is 1. The van der Waals surface area contributed by atoms with Crippen molar-refractivity contribution in [2.45, 2.75) is 26.3 Å². The maximum absolute atomic E-state index is 14.7. The lowest BCUT2D eigenvalue weighted by Gasteiger charge is -2.39. The van der Waals surface area contributed by atoms with Crippen LogP contribution in [-0.4, -0.2) is 65.4 Å². The molecule has 36 heavy (non-hydrogen) atoms. The van der Waals surface area contributed by atoms with Gasteiger partial charge in [-0.15, -0.1) is 5.10 Å². The summed E-state index contributed by atoms with van der Waals surface area (Å²) < 4.78 is 46.2. The maximum atomic E-state index is 14.7. The van der Waals surface area contributed by atoms with Gasteiger partial charge in [-0.25, -0.2) is 13.2 Å². The summed E-state index contributed by atoms with van der Waals surface area (Å²) in [7, 11) is 0. The molecule has 8 nitrogen and oxygen atoms in total. The van der Waals surface area contributed by atoms with E-state index in [-0.39, 0.29) is 17.4 Å². The molecule has 1 N–H and O–H groups in total. The molecule has 0 radical (unpaired) electrons. The molecule has 190 valence electrons. The van der Waals surface area contributed by atoms with Crippen LogP contribution in [0.25, 0.3) is 10.9 Å². The van der Waals surface area contributed by atoms with Gasteiger partial charge in [-0.1, -0.05) is 18.2 Å². The number of nitrogens with zero attached hydrogens (tertiary/aromatic N) is 5. The third kappa shape index (κ3) is 4.55. The zero-order chi connectivity index (χ0) is 25.4. The highest BCUT2D eigenvalue weighted by Crippen LogP contribution is 2.32. The normalized spacial score (nSPS) is 17.4. The van der Waals surface area contributed by atoms with Crippen LogP contribution in [0.3, 0.4) is 0 Å². The number of nitrogens with one attached hydrogen (secondary N) is 1. The van der Waals surface area contributed by atoms with E-state index in [1.54, 1.807) is 20.0 Å². The number of fused-ring (bicyclic) bond motifs is 1. The summed E-state index contributed by atoms with van der Waals surface area (Å²) in [6.07, 6.45) is -1.13. The van der Waals surface area contributed by atoms with Crippen LogP contribution in [0.2, 0.25) is 0 Å². The fourth-order valence-corrected chi connectivity index (χ4v) is 4.60. The van der Waals surface area contributed by atoms with Crippen molar-refractivity contribution in [2.24, 2.45) is 5.92 Å². The van der Waals surface area contributed by atoms with Crippen molar-refractivity contribution < 1.29 is 22.7 Å². The van der Waals surface area contributed by atoms with E-state index in [2.05, 4.69) is 25.4 Å². The number of ether oxygens (including phenoxy) is 1. The Morgan fingerprint density at radius 2 is 1.86 bits per heavy atom. The molecule has 2 aliphatic heterocycles. The van der Waals surface area contributed by atoms with E-state index in [9.17, 15) is 18.0 Å². The Kier molecular flexibility index (Phi) is 6.65. The number of halogens is 3. The number of pyridine rings is 1. The summed E-state index contributed by atoms with van der Waals surface area (Å²) >= 11 is 0. The Labute approximate surface area is 206 Å². The SMILES string of the molecule is Cc1nnc(N[C@H](C)c2cccc(C(F)F)c2F)c2cc(N3CCN(C(=O)C4COC4)CC3)cnc12. The fraction of sp³-hybridized carbons (Fsp3) is 0.440. The number of alkyl halides is 2. The second-order valence-electron chi connectivity index (χ2n) is 9.19. The van der Waals surface area contributed by atoms with E-state index in [0.29, 0.717) is 61.8 Å². The van der Waals surface area contributed by atoms with Crippen LogP contribution in [0, 0.1) is 18.7 Å². The summed E-state index contributed by atoms with van der Waals surface area (Å²) in [4.78, 5) is 21.1. The largest absolute Gasteiger partial charge is 0.380 e. The fourth-order valence-electron chi connectivity index (χ4n) is 4.60. The van der Waals surface area contributed by atoms with Gasteiger partial charge < -0.3 is 19.9 Å². The van der Waals surface area contributed by atoms with E-state index < -0.39 is 23.8 Å².